The van der Waals surface area contributed by atoms with Crippen LogP contribution in [0.15, 0.2) is 84.9 Å². The van der Waals surface area contributed by atoms with Crippen molar-refractivity contribution in [3.63, 3.8) is 0 Å². The Balaban J connectivity index is 1.52. The minimum Gasteiger partial charge on any atom is -0.321 e. The van der Waals surface area contributed by atoms with Crippen LogP contribution in [0.25, 0.3) is 53.7 Å². The van der Waals surface area contributed by atoms with E-state index in [4.69, 9.17) is 9.10 Å². The molecule has 3 heteroatoms. The smallest absolute Gasteiger partial charge is 0.142 e. The minimum atomic E-state index is -2.09. The lowest BCUT2D eigenvalue weighted by Crippen LogP contribution is -2.03. The van der Waals surface area contributed by atoms with Crippen LogP contribution in [-0.2, 0) is 0 Å². The third-order valence-electron chi connectivity index (χ3n) is 6.07. The molecule has 0 radical (unpaired) electrons. The van der Waals surface area contributed by atoms with Gasteiger partial charge in [0, 0.05) is 35.9 Å². The monoisotopic (exact) mass is 435 g/mol. The molecule has 0 N–H and O–H groups in total. The van der Waals surface area contributed by atoms with E-state index >= 15 is 0 Å². The number of imidazole rings is 1. The van der Waals surface area contributed by atoms with Gasteiger partial charge in [-0.2, -0.15) is 0 Å². The zero-order valence-electron chi connectivity index (χ0n) is 21.0. The highest BCUT2D eigenvalue weighted by molar-refractivity contribution is 7.26. The van der Waals surface area contributed by atoms with Gasteiger partial charge in [-0.05, 0) is 56.1 Å². The van der Waals surface area contributed by atoms with Crippen molar-refractivity contribution in [2.45, 2.75) is 26.7 Å². The normalized spacial score (nSPS) is 13.7. The zero-order chi connectivity index (χ0) is 24.3. The Hall–Kier alpha value is -3.43. The highest BCUT2D eigenvalue weighted by atomic mass is 32.1. The molecular weight excluding hydrogens is 408 g/mol. The molecule has 6 rings (SSSR count). The Bertz CT molecular complexity index is 1710. The first-order valence-electron chi connectivity index (χ1n) is 12.3. The quantitative estimate of drug-likeness (QED) is 0.272. The predicted octanol–water partition coefficient (Wildman–Crippen LogP) is 8.63. The molecule has 2 aromatic heterocycles. The Morgan fingerprint density at radius 2 is 1.66 bits per heavy atom. The number of aromatic nitrogens is 2. The minimum absolute atomic E-state index is 0.284. The molecule has 0 aliphatic carbocycles. The molecule has 0 amide bonds. The summed E-state index contributed by atoms with van der Waals surface area (Å²) in [5, 5.41) is 2.45. The molecule has 0 atom stereocenters. The summed E-state index contributed by atoms with van der Waals surface area (Å²) in [7, 11) is 0. The van der Waals surface area contributed by atoms with Crippen molar-refractivity contribution in [3.8, 4) is 22.5 Å². The van der Waals surface area contributed by atoms with E-state index in [1.54, 1.807) is 23.5 Å². The van der Waals surface area contributed by atoms with Gasteiger partial charge in [0.15, 0.2) is 0 Å². The first kappa shape index (κ1) is 16.2. The van der Waals surface area contributed by atoms with Gasteiger partial charge in [0.2, 0.25) is 0 Å². The molecular formula is C29H24N2S. The van der Waals surface area contributed by atoms with E-state index < -0.39 is 6.85 Å². The number of rotatable bonds is 3. The average Bonchev–Trinajstić information content (AvgIpc) is 3.41. The molecule has 2 heterocycles. The van der Waals surface area contributed by atoms with Crippen molar-refractivity contribution in [2.24, 2.45) is 0 Å². The van der Waals surface area contributed by atoms with E-state index in [1.807, 2.05) is 18.2 Å². The number of benzene rings is 4. The van der Waals surface area contributed by atoms with Crippen LogP contribution >= 0.6 is 11.3 Å². The summed E-state index contributed by atoms with van der Waals surface area (Å²) in [5.41, 5.74) is 5.77. The lowest BCUT2D eigenvalue weighted by molar-refractivity contribution is 0.625. The fraction of sp³-hybridized carbons (Fsp3) is 0.138. The van der Waals surface area contributed by atoms with Crippen LogP contribution in [0.4, 0.5) is 0 Å². The number of para-hydroxylation sites is 2. The maximum absolute atomic E-state index is 7.61. The maximum Gasteiger partial charge on any atom is 0.142 e. The van der Waals surface area contributed by atoms with Crippen molar-refractivity contribution < 1.29 is 4.11 Å². The molecule has 0 aliphatic rings. The second kappa shape index (κ2) is 7.32. The molecule has 0 bridgehead atoms. The summed E-state index contributed by atoms with van der Waals surface area (Å²) >= 11 is 1.79. The van der Waals surface area contributed by atoms with Crippen LogP contribution in [0.1, 0.15) is 29.6 Å². The second-order valence-corrected chi connectivity index (χ2v) is 9.51. The fourth-order valence-electron chi connectivity index (χ4n) is 4.57. The predicted molar refractivity (Wildman–Crippen MR) is 139 cm³/mol. The molecule has 32 heavy (non-hydrogen) atoms. The van der Waals surface area contributed by atoms with Gasteiger partial charge in [-0.1, -0.05) is 66.2 Å². The van der Waals surface area contributed by atoms with E-state index in [9.17, 15) is 0 Å². The molecule has 2 nitrogen and oxygen atoms in total. The van der Waals surface area contributed by atoms with Crippen molar-refractivity contribution in [3.05, 3.63) is 90.5 Å². The van der Waals surface area contributed by atoms with Gasteiger partial charge in [-0.25, -0.2) is 4.98 Å². The van der Waals surface area contributed by atoms with E-state index in [-0.39, 0.29) is 6.04 Å². The Morgan fingerprint density at radius 3 is 2.47 bits per heavy atom. The molecule has 6 aromatic rings. The topological polar surface area (TPSA) is 17.8 Å². The molecule has 0 aliphatic heterocycles. The third-order valence-corrected chi connectivity index (χ3v) is 7.27. The van der Waals surface area contributed by atoms with Crippen LogP contribution in [-0.4, -0.2) is 9.55 Å². The Kier molecular flexibility index (Phi) is 3.71. The summed E-state index contributed by atoms with van der Waals surface area (Å²) in [6.07, 6.45) is 0. The summed E-state index contributed by atoms with van der Waals surface area (Å²) in [5.74, 6) is 0.999. The van der Waals surface area contributed by atoms with E-state index in [2.05, 4.69) is 73.0 Å². The van der Waals surface area contributed by atoms with Crippen molar-refractivity contribution in [1.29, 1.82) is 0 Å². The Labute approximate surface area is 196 Å². The van der Waals surface area contributed by atoms with Gasteiger partial charge in [0.05, 0.1) is 11.0 Å². The van der Waals surface area contributed by atoms with Gasteiger partial charge in [0.25, 0.3) is 0 Å². The van der Waals surface area contributed by atoms with Gasteiger partial charge < -0.3 is 4.57 Å². The largest absolute Gasteiger partial charge is 0.321 e. The van der Waals surface area contributed by atoms with Crippen LogP contribution < -0.4 is 0 Å². The van der Waals surface area contributed by atoms with Crippen LogP contribution in [0.3, 0.4) is 0 Å². The van der Waals surface area contributed by atoms with Crippen LogP contribution in [0.5, 0.6) is 0 Å². The summed E-state index contributed by atoms with van der Waals surface area (Å²) in [6.45, 7) is 2.32. The number of fused-ring (bicyclic) bond motifs is 4. The van der Waals surface area contributed by atoms with E-state index in [1.165, 1.54) is 20.2 Å². The molecule has 0 spiro atoms. The molecule has 0 fully saturated rings. The van der Waals surface area contributed by atoms with Gasteiger partial charge >= 0.3 is 0 Å². The number of thiophene rings is 1. The number of aryl methyl sites for hydroxylation is 1. The highest BCUT2D eigenvalue weighted by Gasteiger charge is 2.18. The fourth-order valence-corrected chi connectivity index (χ4v) is 5.82. The molecule has 0 saturated heterocycles. The number of hydrogen-bond acceptors (Lipinski definition) is 2. The number of hydrogen-bond donors (Lipinski definition) is 0. The van der Waals surface area contributed by atoms with Gasteiger partial charge in [-0.15, -0.1) is 11.3 Å². The summed E-state index contributed by atoms with van der Waals surface area (Å²) < 4.78 is 27.6. The van der Waals surface area contributed by atoms with Crippen LogP contribution in [0, 0.1) is 6.85 Å². The standard InChI is InChI=1S/C29H24N2S/c1-18(2)31-26-10-5-4-9-25(26)30-29(31)24-8-6-7-23-22-16-15-21(17-27(22)32-28(23)24)20-13-11-19(3)12-14-20/h4-18H,1-3H3/i3D3. The second-order valence-electron chi connectivity index (χ2n) is 8.46. The van der Waals surface area contributed by atoms with E-state index in [0.29, 0.717) is 5.56 Å². The van der Waals surface area contributed by atoms with Crippen molar-refractivity contribution in [1.82, 2.24) is 9.55 Å². The van der Waals surface area contributed by atoms with Gasteiger partial charge in [0.1, 0.15) is 5.82 Å². The molecule has 0 unspecified atom stereocenters. The average molecular weight is 436 g/mol. The highest BCUT2D eigenvalue weighted by Crippen LogP contribution is 2.42. The van der Waals surface area contributed by atoms with E-state index in [0.717, 1.165) is 33.5 Å². The lowest BCUT2D eigenvalue weighted by Gasteiger charge is -2.13. The van der Waals surface area contributed by atoms with Crippen molar-refractivity contribution in [2.75, 3.05) is 0 Å². The number of nitrogens with zero attached hydrogens (tertiary/aromatic N) is 2. The molecule has 4 aromatic carbocycles. The lowest BCUT2D eigenvalue weighted by atomic mass is 10.0. The SMILES string of the molecule is [2H]C([2H])([2H])c1ccc(-c2ccc3c(c2)sc2c(-c4nc5ccccc5n4C(C)C)cccc23)cc1. The molecule has 156 valence electrons. The molecule has 0 saturated carbocycles. The Morgan fingerprint density at radius 1 is 0.844 bits per heavy atom. The summed E-state index contributed by atoms with van der Waals surface area (Å²) in [4.78, 5) is 5.04. The van der Waals surface area contributed by atoms with Crippen LogP contribution in [0.2, 0.25) is 0 Å². The first-order valence-corrected chi connectivity index (χ1v) is 11.7. The third kappa shape index (κ3) is 2.96. The van der Waals surface area contributed by atoms with Gasteiger partial charge in [-0.3, -0.25) is 0 Å². The van der Waals surface area contributed by atoms with Crippen molar-refractivity contribution >= 4 is 42.5 Å². The maximum atomic E-state index is 7.61. The first-order chi connectivity index (χ1) is 16.8. The summed E-state index contributed by atoms with van der Waals surface area (Å²) in [6, 6.07) is 28.8. The zero-order valence-corrected chi connectivity index (χ0v) is 18.8.